The van der Waals surface area contributed by atoms with E-state index in [1.54, 1.807) is 7.11 Å². The molecule has 1 heterocycles. The molecule has 0 aliphatic carbocycles. The first-order chi connectivity index (χ1) is 7.22. The summed E-state index contributed by atoms with van der Waals surface area (Å²) in [6, 6.07) is 4.36. The minimum atomic E-state index is 0.574. The van der Waals surface area contributed by atoms with E-state index in [2.05, 4.69) is 40.3 Å². The van der Waals surface area contributed by atoms with Crippen LogP contribution in [0.15, 0.2) is 16.6 Å². The Morgan fingerprint density at radius 1 is 1.47 bits per heavy atom. The molecule has 15 heavy (non-hydrogen) atoms. The molecule has 1 N–H and O–H groups in total. The largest absolute Gasteiger partial charge is 0.496 e. The van der Waals surface area contributed by atoms with Crippen molar-refractivity contribution in [3.05, 3.63) is 27.7 Å². The van der Waals surface area contributed by atoms with Gasteiger partial charge in [-0.05, 0) is 58.1 Å². The molecule has 1 aromatic rings. The monoisotopic (exact) mass is 269 g/mol. The predicted molar refractivity (Wildman–Crippen MR) is 65.7 cm³/mol. The molecule has 2 nitrogen and oxygen atoms in total. The zero-order chi connectivity index (χ0) is 10.8. The van der Waals surface area contributed by atoms with E-state index in [1.807, 2.05) is 0 Å². The lowest BCUT2D eigenvalue weighted by atomic mass is 9.95. The van der Waals surface area contributed by atoms with Gasteiger partial charge < -0.3 is 10.1 Å². The highest BCUT2D eigenvalue weighted by Crippen LogP contribution is 2.33. The van der Waals surface area contributed by atoms with Crippen molar-refractivity contribution in [2.45, 2.75) is 19.3 Å². The summed E-state index contributed by atoms with van der Waals surface area (Å²) in [6.07, 6.45) is 1.09. The number of ether oxygens (including phenoxy) is 1. The maximum atomic E-state index is 5.32. The number of hydrogen-bond donors (Lipinski definition) is 1. The Morgan fingerprint density at radius 2 is 2.27 bits per heavy atom. The maximum absolute atomic E-state index is 5.32. The molecule has 1 atom stereocenters. The van der Waals surface area contributed by atoms with Gasteiger partial charge in [-0.15, -0.1) is 0 Å². The van der Waals surface area contributed by atoms with Crippen LogP contribution >= 0.6 is 15.9 Å². The lowest BCUT2D eigenvalue weighted by Gasteiger charge is -2.14. The SMILES string of the molecule is COc1cc2c(cc1Br)[C@@H](C)CNCC2. The average molecular weight is 270 g/mol. The van der Waals surface area contributed by atoms with E-state index in [4.69, 9.17) is 4.74 Å². The van der Waals surface area contributed by atoms with Crippen LogP contribution in [0, 0.1) is 0 Å². The van der Waals surface area contributed by atoms with E-state index >= 15 is 0 Å². The number of rotatable bonds is 1. The van der Waals surface area contributed by atoms with Crippen molar-refractivity contribution < 1.29 is 4.74 Å². The molecule has 0 aromatic heterocycles. The Hall–Kier alpha value is -0.540. The first-order valence-corrected chi connectivity index (χ1v) is 6.08. The third-order valence-corrected chi connectivity index (χ3v) is 3.59. The van der Waals surface area contributed by atoms with Crippen LogP contribution in [-0.2, 0) is 6.42 Å². The van der Waals surface area contributed by atoms with Crippen molar-refractivity contribution >= 4 is 15.9 Å². The van der Waals surface area contributed by atoms with E-state index < -0.39 is 0 Å². The molecule has 82 valence electrons. The van der Waals surface area contributed by atoms with Crippen LogP contribution in [-0.4, -0.2) is 20.2 Å². The zero-order valence-corrected chi connectivity index (χ0v) is 10.7. The summed E-state index contributed by atoms with van der Waals surface area (Å²) >= 11 is 3.54. The first-order valence-electron chi connectivity index (χ1n) is 5.29. The summed E-state index contributed by atoms with van der Waals surface area (Å²) < 4.78 is 6.37. The van der Waals surface area contributed by atoms with Crippen LogP contribution < -0.4 is 10.1 Å². The van der Waals surface area contributed by atoms with Crippen molar-refractivity contribution in [2.24, 2.45) is 0 Å². The number of halogens is 1. The topological polar surface area (TPSA) is 21.3 Å². The fourth-order valence-corrected chi connectivity index (χ4v) is 2.62. The zero-order valence-electron chi connectivity index (χ0n) is 9.14. The molecular weight excluding hydrogens is 254 g/mol. The summed E-state index contributed by atoms with van der Waals surface area (Å²) in [5.41, 5.74) is 2.85. The van der Waals surface area contributed by atoms with Gasteiger partial charge in [0.1, 0.15) is 5.75 Å². The van der Waals surface area contributed by atoms with E-state index in [0.29, 0.717) is 5.92 Å². The minimum absolute atomic E-state index is 0.574. The predicted octanol–water partition coefficient (Wildman–Crippen LogP) is 2.71. The van der Waals surface area contributed by atoms with Crippen LogP contribution in [0.4, 0.5) is 0 Å². The summed E-state index contributed by atoms with van der Waals surface area (Å²) in [4.78, 5) is 0. The molecule has 3 heteroatoms. The molecule has 0 amide bonds. The lowest BCUT2D eigenvalue weighted by molar-refractivity contribution is 0.411. The van der Waals surface area contributed by atoms with Gasteiger partial charge >= 0.3 is 0 Å². The number of methoxy groups -OCH3 is 1. The van der Waals surface area contributed by atoms with Gasteiger partial charge in [-0.3, -0.25) is 0 Å². The van der Waals surface area contributed by atoms with Crippen LogP contribution in [0.25, 0.3) is 0 Å². The number of nitrogens with one attached hydrogen (secondary N) is 1. The quantitative estimate of drug-likeness (QED) is 0.847. The van der Waals surface area contributed by atoms with Gasteiger partial charge in [0.2, 0.25) is 0 Å². The number of benzene rings is 1. The first kappa shape index (κ1) is 11.0. The van der Waals surface area contributed by atoms with Crippen molar-refractivity contribution in [1.29, 1.82) is 0 Å². The third-order valence-electron chi connectivity index (χ3n) is 2.97. The fraction of sp³-hybridized carbons (Fsp3) is 0.500. The van der Waals surface area contributed by atoms with E-state index in [1.165, 1.54) is 11.1 Å². The van der Waals surface area contributed by atoms with Gasteiger partial charge in [0.15, 0.2) is 0 Å². The normalized spacial score (nSPS) is 20.6. The Balaban J connectivity index is 2.46. The highest BCUT2D eigenvalue weighted by Gasteiger charge is 2.16. The highest BCUT2D eigenvalue weighted by molar-refractivity contribution is 9.10. The Morgan fingerprint density at radius 3 is 3.00 bits per heavy atom. The lowest BCUT2D eigenvalue weighted by Crippen LogP contribution is -2.18. The van der Waals surface area contributed by atoms with E-state index in [-0.39, 0.29) is 0 Å². The Bertz CT molecular complexity index is 365. The maximum Gasteiger partial charge on any atom is 0.133 e. The molecule has 1 aliphatic heterocycles. The molecule has 2 rings (SSSR count). The summed E-state index contributed by atoms with van der Waals surface area (Å²) in [5, 5.41) is 3.44. The molecule has 1 aliphatic rings. The molecule has 0 saturated heterocycles. The third kappa shape index (κ3) is 2.18. The van der Waals surface area contributed by atoms with Crippen LogP contribution in [0.2, 0.25) is 0 Å². The summed E-state index contributed by atoms with van der Waals surface area (Å²) in [5.74, 6) is 1.51. The molecule has 0 saturated carbocycles. The van der Waals surface area contributed by atoms with Crippen molar-refractivity contribution in [2.75, 3.05) is 20.2 Å². The summed E-state index contributed by atoms with van der Waals surface area (Å²) in [7, 11) is 1.71. The van der Waals surface area contributed by atoms with Crippen molar-refractivity contribution in [1.82, 2.24) is 5.32 Å². The Labute approximate surface area is 99.1 Å². The molecule has 0 radical (unpaired) electrons. The van der Waals surface area contributed by atoms with Gasteiger partial charge in [-0.25, -0.2) is 0 Å². The second kappa shape index (κ2) is 4.54. The molecular formula is C12H16BrNO. The summed E-state index contributed by atoms with van der Waals surface area (Å²) in [6.45, 7) is 4.38. The molecule has 0 fully saturated rings. The smallest absolute Gasteiger partial charge is 0.133 e. The standard InChI is InChI=1S/C12H16BrNO/c1-8-7-14-4-3-9-5-12(15-2)11(13)6-10(8)9/h5-6,8,14H,3-4,7H2,1-2H3/t8-/m0/s1. The molecule has 1 aromatic carbocycles. The van der Waals surface area contributed by atoms with E-state index in [9.17, 15) is 0 Å². The molecule has 0 spiro atoms. The van der Waals surface area contributed by atoms with Gasteiger partial charge in [-0.2, -0.15) is 0 Å². The van der Waals surface area contributed by atoms with Crippen molar-refractivity contribution in [3.63, 3.8) is 0 Å². The van der Waals surface area contributed by atoms with Crippen LogP contribution in [0.3, 0.4) is 0 Å². The van der Waals surface area contributed by atoms with Gasteiger partial charge in [0.05, 0.1) is 11.6 Å². The second-order valence-corrected chi connectivity index (χ2v) is 4.90. The average Bonchev–Trinajstić information content (AvgIpc) is 2.40. The fourth-order valence-electron chi connectivity index (χ4n) is 2.09. The minimum Gasteiger partial charge on any atom is -0.496 e. The van der Waals surface area contributed by atoms with Crippen molar-refractivity contribution in [3.8, 4) is 5.75 Å². The van der Waals surface area contributed by atoms with E-state index in [0.717, 1.165) is 29.7 Å². The van der Waals surface area contributed by atoms with Crippen LogP contribution in [0.5, 0.6) is 5.75 Å². The number of fused-ring (bicyclic) bond motifs is 1. The number of hydrogen-bond acceptors (Lipinski definition) is 2. The highest BCUT2D eigenvalue weighted by atomic mass is 79.9. The molecule has 0 bridgehead atoms. The van der Waals surface area contributed by atoms with Gasteiger partial charge in [0, 0.05) is 6.54 Å². The second-order valence-electron chi connectivity index (χ2n) is 4.04. The van der Waals surface area contributed by atoms with Gasteiger partial charge in [-0.1, -0.05) is 6.92 Å². The Kier molecular flexibility index (Phi) is 3.32. The van der Waals surface area contributed by atoms with Gasteiger partial charge in [0.25, 0.3) is 0 Å². The molecule has 0 unspecified atom stereocenters. The van der Waals surface area contributed by atoms with Crippen LogP contribution in [0.1, 0.15) is 24.0 Å².